The first-order chi connectivity index (χ1) is 11.6. The number of nitrogens with one attached hydrogen (secondary N) is 1. The molecule has 24 heavy (non-hydrogen) atoms. The van der Waals surface area contributed by atoms with Gasteiger partial charge >= 0.3 is 0 Å². The van der Waals surface area contributed by atoms with Crippen molar-refractivity contribution in [3.05, 3.63) is 71.3 Å². The van der Waals surface area contributed by atoms with Gasteiger partial charge in [0.1, 0.15) is 0 Å². The molecular formula is C20H23NO2S. The van der Waals surface area contributed by atoms with Gasteiger partial charge in [0.05, 0.1) is 6.10 Å². The largest absolute Gasteiger partial charge is 0.375 e. The second-order valence-electron chi connectivity index (χ2n) is 5.43. The average Bonchev–Trinajstić information content (AvgIpc) is 2.62. The van der Waals surface area contributed by atoms with Gasteiger partial charge in [0, 0.05) is 24.6 Å². The van der Waals surface area contributed by atoms with Crippen LogP contribution in [0.4, 0.5) is 0 Å². The van der Waals surface area contributed by atoms with Gasteiger partial charge in [-0.05, 0) is 48.1 Å². The molecule has 0 fully saturated rings. The number of hydrogen-bond acceptors (Lipinski definition) is 3. The van der Waals surface area contributed by atoms with E-state index in [0.717, 1.165) is 16.7 Å². The van der Waals surface area contributed by atoms with Gasteiger partial charge in [-0.2, -0.15) is 0 Å². The molecule has 0 aliphatic carbocycles. The van der Waals surface area contributed by atoms with Crippen molar-refractivity contribution in [2.24, 2.45) is 0 Å². The third-order valence-electron chi connectivity index (χ3n) is 3.82. The fraction of sp³-hybridized carbons (Fsp3) is 0.250. The topological polar surface area (TPSA) is 38.3 Å². The summed E-state index contributed by atoms with van der Waals surface area (Å²) in [5, 5.41) is 2.90. The highest BCUT2D eigenvalue weighted by Gasteiger charge is 2.13. The predicted molar refractivity (Wildman–Crippen MR) is 101 cm³/mol. The molecule has 2 rings (SSSR count). The highest BCUT2D eigenvalue weighted by Crippen LogP contribution is 2.19. The summed E-state index contributed by atoms with van der Waals surface area (Å²) in [5.74, 6) is -0.125. The fourth-order valence-electron chi connectivity index (χ4n) is 2.41. The van der Waals surface area contributed by atoms with Gasteiger partial charge < -0.3 is 10.1 Å². The van der Waals surface area contributed by atoms with Crippen molar-refractivity contribution >= 4 is 23.7 Å². The molecule has 0 aromatic heterocycles. The molecule has 126 valence electrons. The molecule has 0 aliphatic heterocycles. The summed E-state index contributed by atoms with van der Waals surface area (Å²) in [6.07, 6.45) is 5.26. The Hall–Kier alpha value is -2.04. The monoisotopic (exact) mass is 341 g/mol. The lowest BCUT2D eigenvalue weighted by Crippen LogP contribution is -2.27. The standard InChI is InChI=1S/C20H23NO2S/c1-15-6-4-5-7-18(15)19(23-2)14-21-20(22)13-10-16-8-11-17(24-3)12-9-16/h4-13,19H,14H2,1-3H3,(H,21,22). The number of aryl methyl sites for hydroxylation is 1. The third-order valence-corrected chi connectivity index (χ3v) is 4.57. The van der Waals surface area contributed by atoms with Crippen LogP contribution in [0.25, 0.3) is 6.08 Å². The summed E-state index contributed by atoms with van der Waals surface area (Å²) in [7, 11) is 1.66. The molecule has 1 N–H and O–H groups in total. The molecule has 0 heterocycles. The molecule has 3 nitrogen and oxygen atoms in total. The first-order valence-corrected chi connectivity index (χ1v) is 9.05. The van der Waals surface area contributed by atoms with E-state index >= 15 is 0 Å². The van der Waals surface area contributed by atoms with E-state index in [0.29, 0.717) is 6.54 Å². The number of amides is 1. The molecular weight excluding hydrogens is 318 g/mol. The Labute approximate surface area is 148 Å². The van der Waals surface area contributed by atoms with E-state index < -0.39 is 0 Å². The van der Waals surface area contributed by atoms with Crippen LogP contribution in [0.1, 0.15) is 22.8 Å². The number of methoxy groups -OCH3 is 1. The van der Waals surface area contributed by atoms with Crippen LogP contribution in [0.3, 0.4) is 0 Å². The van der Waals surface area contributed by atoms with Gasteiger partial charge in [0.2, 0.25) is 5.91 Å². The van der Waals surface area contributed by atoms with Crippen molar-refractivity contribution in [3.63, 3.8) is 0 Å². The summed E-state index contributed by atoms with van der Waals surface area (Å²) < 4.78 is 5.51. The van der Waals surface area contributed by atoms with E-state index in [1.165, 1.54) is 4.90 Å². The Bertz CT molecular complexity index is 695. The number of rotatable bonds is 7. The van der Waals surface area contributed by atoms with Crippen LogP contribution >= 0.6 is 11.8 Å². The average molecular weight is 341 g/mol. The fourth-order valence-corrected chi connectivity index (χ4v) is 2.82. The highest BCUT2D eigenvalue weighted by molar-refractivity contribution is 7.98. The van der Waals surface area contributed by atoms with Crippen molar-refractivity contribution in [3.8, 4) is 0 Å². The van der Waals surface area contributed by atoms with Crippen LogP contribution in [0, 0.1) is 6.92 Å². The van der Waals surface area contributed by atoms with Gasteiger partial charge in [-0.15, -0.1) is 11.8 Å². The molecule has 0 saturated heterocycles. The Morgan fingerprint density at radius 2 is 1.92 bits per heavy atom. The molecule has 4 heteroatoms. The van der Waals surface area contributed by atoms with Crippen LogP contribution in [0.15, 0.2) is 59.5 Å². The SMILES string of the molecule is COC(CNC(=O)C=Cc1ccc(SC)cc1)c1ccccc1C. The van der Waals surface area contributed by atoms with Crippen molar-refractivity contribution in [1.82, 2.24) is 5.32 Å². The quantitative estimate of drug-likeness (QED) is 0.605. The van der Waals surface area contributed by atoms with Crippen LogP contribution < -0.4 is 5.32 Å². The number of carbonyl (C=O) groups excluding carboxylic acids is 1. The molecule has 2 aromatic rings. The number of ether oxygens (including phenoxy) is 1. The molecule has 2 aromatic carbocycles. The van der Waals surface area contributed by atoms with Gasteiger partial charge in [-0.1, -0.05) is 36.4 Å². The van der Waals surface area contributed by atoms with Crippen molar-refractivity contribution in [2.45, 2.75) is 17.9 Å². The first-order valence-electron chi connectivity index (χ1n) is 7.82. The van der Waals surface area contributed by atoms with Gasteiger partial charge in [0.25, 0.3) is 0 Å². The minimum atomic E-state index is -0.149. The van der Waals surface area contributed by atoms with E-state index in [-0.39, 0.29) is 12.0 Å². The van der Waals surface area contributed by atoms with Crippen LogP contribution in [-0.2, 0) is 9.53 Å². The lowest BCUT2D eigenvalue weighted by Gasteiger charge is -2.18. The zero-order valence-electron chi connectivity index (χ0n) is 14.3. The Morgan fingerprint density at radius 3 is 2.54 bits per heavy atom. The first kappa shape index (κ1) is 18.3. The summed E-state index contributed by atoms with van der Waals surface area (Å²) >= 11 is 1.70. The van der Waals surface area contributed by atoms with Gasteiger partial charge in [-0.3, -0.25) is 4.79 Å². The maximum Gasteiger partial charge on any atom is 0.244 e. The molecule has 0 aliphatic rings. The predicted octanol–water partition coefficient (Wildman–Crippen LogP) is 4.23. The molecule has 1 unspecified atom stereocenters. The zero-order valence-corrected chi connectivity index (χ0v) is 15.1. The zero-order chi connectivity index (χ0) is 17.4. The summed E-state index contributed by atoms with van der Waals surface area (Å²) in [4.78, 5) is 13.2. The normalized spacial score (nSPS) is 12.3. The molecule has 1 amide bonds. The number of benzene rings is 2. The lowest BCUT2D eigenvalue weighted by atomic mass is 10.0. The summed E-state index contributed by atoms with van der Waals surface area (Å²) in [5.41, 5.74) is 3.25. The third kappa shape index (κ3) is 5.25. The number of thioether (sulfide) groups is 1. The number of carbonyl (C=O) groups is 1. The Kier molecular flexibility index (Phi) is 7.09. The lowest BCUT2D eigenvalue weighted by molar-refractivity contribution is -0.117. The van der Waals surface area contributed by atoms with Gasteiger partial charge in [-0.25, -0.2) is 0 Å². The molecule has 1 atom stereocenters. The van der Waals surface area contributed by atoms with Crippen LogP contribution in [0.5, 0.6) is 0 Å². The van der Waals surface area contributed by atoms with Crippen molar-refractivity contribution in [2.75, 3.05) is 19.9 Å². The maximum atomic E-state index is 12.0. The summed E-state index contributed by atoms with van der Waals surface area (Å²) in [6.45, 7) is 2.48. The van der Waals surface area contributed by atoms with Crippen LogP contribution in [-0.4, -0.2) is 25.8 Å². The Morgan fingerprint density at radius 1 is 1.21 bits per heavy atom. The Balaban J connectivity index is 1.91. The van der Waals surface area contributed by atoms with Crippen molar-refractivity contribution < 1.29 is 9.53 Å². The minimum absolute atomic E-state index is 0.125. The van der Waals surface area contributed by atoms with E-state index in [4.69, 9.17) is 4.74 Å². The van der Waals surface area contributed by atoms with Gasteiger partial charge in [0.15, 0.2) is 0 Å². The number of hydrogen-bond donors (Lipinski definition) is 1. The van der Waals surface area contributed by atoms with E-state index in [2.05, 4.69) is 5.32 Å². The molecule has 0 spiro atoms. The molecule has 0 bridgehead atoms. The van der Waals surface area contributed by atoms with Crippen molar-refractivity contribution in [1.29, 1.82) is 0 Å². The van der Waals surface area contributed by atoms with E-state index in [9.17, 15) is 4.79 Å². The van der Waals surface area contributed by atoms with Crippen LogP contribution in [0.2, 0.25) is 0 Å². The van der Waals surface area contributed by atoms with E-state index in [1.54, 1.807) is 24.9 Å². The highest BCUT2D eigenvalue weighted by atomic mass is 32.2. The maximum absolute atomic E-state index is 12.0. The minimum Gasteiger partial charge on any atom is -0.375 e. The second-order valence-corrected chi connectivity index (χ2v) is 6.31. The summed E-state index contributed by atoms with van der Waals surface area (Å²) in [6, 6.07) is 16.1. The second kappa shape index (κ2) is 9.30. The van der Waals surface area contributed by atoms with E-state index in [1.807, 2.05) is 67.8 Å². The molecule has 0 saturated carbocycles. The molecule has 0 radical (unpaired) electrons. The smallest absolute Gasteiger partial charge is 0.244 e.